The molecule has 0 atom stereocenters. The Labute approximate surface area is 200 Å². The van der Waals surface area contributed by atoms with Gasteiger partial charge in [-0.2, -0.15) is 0 Å². The van der Waals surface area contributed by atoms with Crippen LogP contribution in [0.15, 0.2) is 54.6 Å². The number of benzene rings is 2. The molecule has 0 spiro atoms. The second kappa shape index (κ2) is 15.3. The molecule has 0 saturated heterocycles. The van der Waals surface area contributed by atoms with E-state index >= 15 is 0 Å². The van der Waals surface area contributed by atoms with Gasteiger partial charge in [0.05, 0.1) is 13.2 Å². The normalized spacial score (nSPS) is 10.4. The summed E-state index contributed by atoms with van der Waals surface area (Å²) >= 11 is 0. The minimum atomic E-state index is -0.464. The van der Waals surface area contributed by atoms with Crippen molar-refractivity contribution in [2.24, 2.45) is 0 Å². The van der Waals surface area contributed by atoms with Gasteiger partial charge >= 0.3 is 18.2 Å². The summed E-state index contributed by atoms with van der Waals surface area (Å²) in [5, 5.41) is 7.58. The Kier molecular flexibility index (Phi) is 12.0. The maximum Gasteiger partial charge on any atom is 0.412 e. The number of fused-ring (bicyclic) bond motifs is 1. The van der Waals surface area contributed by atoms with Crippen molar-refractivity contribution in [1.82, 2.24) is 10.6 Å². The van der Waals surface area contributed by atoms with Gasteiger partial charge in [-0.15, -0.1) is 0 Å². The summed E-state index contributed by atoms with van der Waals surface area (Å²) in [6.45, 7) is 6.72. The summed E-state index contributed by atoms with van der Waals surface area (Å²) in [6.07, 6.45) is 3.83. The molecule has 8 heteroatoms. The molecule has 0 radical (unpaired) electrons. The number of amides is 2. The van der Waals surface area contributed by atoms with Gasteiger partial charge in [0.2, 0.25) is 0 Å². The predicted octanol–water partition coefficient (Wildman–Crippen LogP) is 5.11. The molecule has 0 aliphatic heterocycles. The van der Waals surface area contributed by atoms with E-state index in [1.807, 2.05) is 36.4 Å². The monoisotopic (exact) mass is 470 g/mol. The quantitative estimate of drug-likeness (QED) is 0.226. The largest absolute Gasteiger partial charge is 0.462 e. The maximum atomic E-state index is 11.9. The zero-order valence-corrected chi connectivity index (χ0v) is 19.8. The zero-order chi connectivity index (χ0) is 24.6. The highest BCUT2D eigenvalue weighted by molar-refractivity contribution is 5.87. The molecule has 34 heavy (non-hydrogen) atoms. The average Bonchev–Trinajstić information content (AvgIpc) is 2.82. The first-order chi connectivity index (χ1) is 16.5. The first-order valence-corrected chi connectivity index (χ1v) is 11.6. The number of hydrogen-bond donors (Lipinski definition) is 2. The fourth-order valence-corrected chi connectivity index (χ4v) is 3.07. The molecule has 0 aromatic heterocycles. The molecule has 0 saturated carbocycles. The Morgan fingerprint density at radius 1 is 0.765 bits per heavy atom. The van der Waals surface area contributed by atoms with Crippen LogP contribution in [-0.2, 0) is 14.3 Å². The van der Waals surface area contributed by atoms with Crippen LogP contribution in [0.1, 0.15) is 45.4 Å². The van der Waals surface area contributed by atoms with Crippen molar-refractivity contribution in [3.8, 4) is 5.75 Å². The van der Waals surface area contributed by atoms with E-state index in [4.69, 9.17) is 14.2 Å². The summed E-state index contributed by atoms with van der Waals surface area (Å²) in [4.78, 5) is 34.8. The van der Waals surface area contributed by atoms with E-state index in [1.165, 1.54) is 0 Å². The Balaban J connectivity index is 1.41. The first-order valence-electron chi connectivity index (χ1n) is 11.6. The maximum absolute atomic E-state index is 11.9. The number of unbranched alkanes of at least 4 members (excludes halogenated alkanes) is 4. The minimum absolute atomic E-state index is 0.275. The highest BCUT2D eigenvalue weighted by Gasteiger charge is 2.05. The van der Waals surface area contributed by atoms with E-state index in [0.29, 0.717) is 37.3 Å². The molecule has 2 aromatic carbocycles. The SMILES string of the molecule is C=C(C)C(=O)OCCCCOC(=O)NCCCCCCNC(=O)Oc1ccc2ccccc2c1. The summed E-state index contributed by atoms with van der Waals surface area (Å²) in [7, 11) is 0. The standard InChI is InChI=1S/C26H34N2O6/c1-20(2)24(29)32-17-9-10-18-33-25(30)27-15-7-3-4-8-16-28-26(31)34-23-14-13-21-11-5-6-12-22(21)19-23/h5-6,11-14,19H,1,3-4,7-10,15-18H2,2H3,(H,27,30)(H,28,31). The molecular formula is C26H34N2O6. The number of carbonyl (C=O) groups is 3. The predicted molar refractivity (Wildman–Crippen MR) is 131 cm³/mol. The van der Waals surface area contributed by atoms with Crippen LogP contribution in [0.2, 0.25) is 0 Å². The lowest BCUT2D eigenvalue weighted by molar-refractivity contribution is -0.139. The smallest absolute Gasteiger partial charge is 0.412 e. The zero-order valence-electron chi connectivity index (χ0n) is 19.8. The third-order valence-electron chi connectivity index (χ3n) is 4.93. The molecule has 2 rings (SSSR count). The Morgan fingerprint density at radius 3 is 2.06 bits per heavy atom. The molecule has 0 unspecified atom stereocenters. The van der Waals surface area contributed by atoms with Crippen molar-refractivity contribution in [2.45, 2.75) is 45.4 Å². The van der Waals surface area contributed by atoms with Gasteiger partial charge < -0.3 is 24.8 Å². The second-order valence-corrected chi connectivity index (χ2v) is 7.93. The molecule has 2 amide bonds. The molecule has 0 aliphatic rings. The van der Waals surface area contributed by atoms with Crippen molar-refractivity contribution in [2.75, 3.05) is 26.3 Å². The van der Waals surface area contributed by atoms with Gasteiger partial charge in [0.1, 0.15) is 5.75 Å². The van der Waals surface area contributed by atoms with Gasteiger partial charge in [-0.3, -0.25) is 0 Å². The number of alkyl carbamates (subject to hydrolysis) is 1. The molecule has 2 aromatic rings. The minimum Gasteiger partial charge on any atom is -0.462 e. The van der Waals surface area contributed by atoms with Gasteiger partial charge in [0.15, 0.2) is 0 Å². The number of rotatable bonds is 14. The van der Waals surface area contributed by atoms with Crippen LogP contribution < -0.4 is 15.4 Å². The fourth-order valence-electron chi connectivity index (χ4n) is 3.07. The van der Waals surface area contributed by atoms with Crippen LogP contribution in [-0.4, -0.2) is 44.5 Å². The van der Waals surface area contributed by atoms with Crippen LogP contribution >= 0.6 is 0 Å². The van der Waals surface area contributed by atoms with Crippen LogP contribution in [0.5, 0.6) is 5.75 Å². The fraction of sp³-hybridized carbons (Fsp3) is 0.423. The van der Waals surface area contributed by atoms with Crippen molar-refractivity contribution in [3.63, 3.8) is 0 Å². The third kappa shape index (κ3) is 10.8. The van der Waals surface area contributed by atoms with Crippen LogP contribution in [0.4, 0.5) is 9.59 Å². The van der Waals surface area contributed by atoms with Crippen LogP contribution in [0.3, 0.4) is 0 Å². The van der Waals surface area contributed by atoms with Crippen molar-refractivity contribution >= 4 is 28.9 Å². The van der Waals surface area contributed by atoms with Gasteiger partial charge in [0, 0.05) is 18.7 Å². The van der Waals surface area contributed by atoms with E-state index < -0.39 is 18.2 Å². The van der Waals surface area contributed by atoms with Gasteiger partial charge in [0.25, 0.3) is 0 Å². The van der Waals surface area contributed by atoms with Crippen LogP contribution in [0.25, 0.3) is 10.8 Å². The van der Waals surface area contributed by atoms with E-state index in [2.05, 4.69) is 17.2 Å². The first kappa shape index (κ1) is 26.7. The number of carbonyl (C=O) groups excluding carboxylic acids is 3. The molecule has 2 N–H and O–H groups in total. The van der Waals surface area contributed by atoms with Crippen molar-refractivity contribution in [1.29, 1.82) is 0 Å². The molecule has 8 nitrogen and oxygen atoms in total. The molecule has 184 valence electrons. The molecule has 0 heterocycles. The third-order valence-corrected chi connectivity index (χ3v) is 4.93. The highest BCUT2D eigenvalue weighted by Crippen LogP contribution is 2.20. The summed E-state index contributed by atoms with van der Waals surface area (Å²) in [6, 6.07) is 13.4. The summed E-state index contributed by atoms with van der Waals surface area (Å²) in [5.41, 5.74) is 0.367. The second-order valence-electron chi connectivity index (χ2n) is 7.93. The van der Waals surface area contributed by atoms with Gasteiger partial charge in [-0.25, -0.2) is 14.4 Å². The molecular weight excluding hydrogens is 436 g/mol. The highest BCUT2D eigenvalue weighted by atomic mass is 16.6. The molecule has 0 aliphatic carbocycles. The number of esters is 1. The van der Waals surface area contributed by atoms with E-state index in [0.717, 1.165) is 36.5 Å². The lowest BCUT2D eigenvalue weighted by Gasteiger charge is -2.08. The number of hydrogen-bond acceptors (Lipinski definition) is 6. The van der Waals surface area contributed by atoms with Crippen molar-refractivity contribution < 1.29 is 28.6 Å². The van der Waals surface area contributed by atoms with Crippen molar-refractivity contribution in [3.05, 3.63) is 54.6 Å². The average molecular weight is 471 g/mol. The number of ether oxygens (including phenoxy) is 3. The van der Waals surface area contributed by atoms with E-state index in [9.17, 15) is 14.4 Å². The lowest BCUT2D eigenvalue weighted by atomic mass is 10.1. The Bertz CT molecular complexity index is 959. The molecule has 0 fully saturated rings. The van der Waals surface area contributed by atoms with Crippen LogP contribution in [0, 0.1) is 0 Å². The van der Waals surface area contributed by atoms with Gasteiger partial charge in [-0.1, -0.05) is 49.8 Å². The van der Waals surface area contributed by atoms with Gasteiger partial charge in [-0.05, 0) is 55.5 Å². The molecule has 0 bridgehead atoms. The van der Waals surface area contributed by atoms with E-state index in [-0.39, 0.29) is 13.2 Å². The van der Waals surface area contributed by atoms with E-state index in [1.54, 1.807) is 13.0 Å². The Hall–Kier alpha value is -3.55. The summed E-state index contributed by atoms with van der Waals surface area (Å²) in [5.74, 6) is 0.107. The Morgan fingerprint density at radius 2 is 1.38 bits per heavy atom. The topological polar surface area (TPSA) is 103 Å². The lowest BCUT2D eigenvalue weighted by Crippen LogP contribution is -2.27. The summed E-state index contributed by atoms with van der Waals surface area (Å²) < 4.78 is 15.4. The number of nitrogens with one attached hydrogen (secondary N) is 2.